The highest BCUT2D eigenvalue weighted by molar-refractivity contribution is 5.90. The van der Waals surface area contributed by atoms with E-state index in [0.29, 0.717) is 0 Å². The Hall–Kier alpha value is -1.72. The largest absolute Gasteiger partial charge is 0.481 e. The van der Waals surface area contributed by atoms with Gasteiger partial charge in [-0.25, -0.2) is 0 Å². The van der Waals surface area contributed by atoms with Crippen LogP contribution in [0.3, 0.4) is 0 Å². The van der Waals surface area contributed by atoms with Crippen molar-refractivity contribution in [3.05, 3.63) is 0 Å². The molecule has 0 heterocycles. The SMILES string of the molecule is O=C(O)CC(CC(=O)O)C12CC(=O)CC1CC(=O)C2. The summed E-state index contributed by atoms with van der Waals surface area (Å²) in [5.41, 5.74) is -0.731. The first kappa shape index (κ1) is 13.7. The number of Topliss-reactive ketones (excluding diaryl/α,β-unsaturated/α-hetero) is 2. The summed E-state index contributed by atoms with van der Waals surface area (Å²) in [6.45, 7) is 0. The van der Waals surface area contributed by atoms with Gasteiger partial charge in [0.1, 0.15) is 11.6 Å². The fourth-order valence-electron chi connectivity index (χ4n) is 3.78. The van der Waals surface area contributed by atoms with E-state index in [4.69, 9.17) is 10.2 Å². The van der Waals surface area contributed by atoms with E-state index < -0.39 is 23.3 Å². The van der Waals surface area contributed by atoms with Gasteiger partial charge in [0, 0.05) is 38.5 Å². The molecule has 6 heteroatoms. The number of hydrogen-bond acceptors (Lipinski definition) is 4. The second-order valence-corrected chi connectivity index (χ2v) is 5.66. The molecule has 0 bridgehead atoms. The second kappa shape index (κ2) is 4.75. The Morgan fingerprint density at radius 3 is 1.84 bits per heavy atom. The topological polar surface area (TPSA) is 109 Å². The van der Waals surface area contributed by atoms with Crippen LogP contribution in [0.4, 0.5) is 0 Å². The van der Waals surface area contributed by atoms with Crippen LogP contribution in [0.2, 0.25) is 0 Å². The lowest BCUT2D eigenvalue weighted by Crippen LogP contribution is -2.34. The highest BCUT2D eigenvalue weighted by Crippen LogP contribution is 2.57. The van der Waals surface area contributed by atoms with Crippen molar-refractivity contribution in [1.82, 2.24) is 0 Å². The highest BCUT2D eigenvalue weighted by atomic mass is 16.4. The molecule has 19 heavy (non-hydrogen) atoms. The summed E-state index contributed by atoms with van der Waals surface area (Å²) in [5.74, 6) is -2.96. The summed E-state index contributed by atoms with van der Waals surface area (Å²) >= 11 is 0. The average Bonchev–Trinajstić information content (AvgIpc) is 2.67. The summed E-state index contributed by atoms with van der Waals surface area (Å²) in [6.07, 6.45) is 0.249. The van der Waals surface area contributed by atoms with E-state index in [1.165, 1.54) is 0 Å². The Morgan fingerprint density at radius 2 is 1.47 bits per heavy atom. The third-order valence-electron chi connectivity index (χ3n) is 4.47. The normalized spacial score (nSPS) is 29.8. The van der Waals surface area contributed by atoms with Crippen LogP contribution < -0.4 is 0 Å². The van der Waals surface area contributed by atoms with Crippen LogP contribution in [-0.4, -0.2) is 33.7 Å². The summed E-state index contributed by atoms with van der Waals surface area (Å²) in [6, 6.07) is 0. The molecule has 104 valence electrons. The summed E-state index contributed by atoms with van der Waals surface area (Å²) in [4.78, 5) is 45.1. The van der Waals surface area contributed by atoms with Gasteiger partial charge in [-0.3, -0.25) is 19.2 Å². The first-order chi connectivity index (χ1) is 8.83. The number of rotatable bonds is 5. The molecule has 2 fully saturated rings. The van der Waals surface area contributed by atoms with Gasteiger partial charge in [-0.1, -0.05) is 0 Å². The molecule has 2 rings (SSSR count). The number of carbonyl (C=O) groups excluding carboxylic acids is 2. The molecule has 0 atom stereocenters. The van der Waals surface area contributed by atoms with E-state index in [9.17, 15) is 19.2 Å². The van der Waals surface area contributed by atoms with E-state index in [1.807, 2.05) is 0 Å². The maximum atomic E-state index is 11.6. The number of fused-ring (bicyclic) bond motifs is 1. The number of aliphatic carboxylic acids is 2. The Bertz CT molecular complexity index is 416. The van der Waals surface area contributed by atoms with Crippen molar-refractivity contribution in [1.29, 1.82) is 0 Å². The number of carbonyl (C=O) groups is 4. The van der Waals surface area contributed by atoms with Gasteiger partial charge in [-0.2, -0.15) is 0 Å². The Morgan fingerprint density at radius 1 is 1.05 bits per heavy atom. The van der Waals surface area contributed by atoms with Gasteiger partial charge in [0.15, 0.2) is 0 Å². The summed E-state index contributed by atoms with van der Waals surface area (Å²) < 4.78 is 0. The third-order valence-corrected chi connectivity index (χ3v) is 4.47. The lowest BCUT2D eigenvalue weighted by Gasteiger charge is -2.35. The molecular weight excluding hydrogens is 252 g/mol. The monoisotopic (exact) mass is 268 g/mol. The van der Waals surface area contributed by atoms with Crippen molar-refractivity contribution in [2.75, 3.05) is 0 Å². The number of carboxylic acid groups (broad SMARTS) is 2. The van der Waals surface area contributed by atoms with E-state index in [0.717, 1.165) is 0 Å². The van der Waals surface area contributed by atoms with Gasteiger partial charge in [0.2, 0.25) is 0 Å². The number of ketones is 2. The minimum absolute atomic E-state index is 0.0123. The molecule has 0 aromatic heterocycles. The van der Waals surface area contributed by atoms with Crippen molar-refractivity contribution in [3.8, 4) is 0 Å². The fourth-order valence-corrected chi connectivity index (χ4v) is 3.78. The van der Waals surface area contributed by atoms with Crippen LogP contribution in [0.15, 0.2) is 0 Å². The predicted molar refractivity (Wildman–Crippen MR) is 62.4 cm³/mol. The molecule has 0 aromatic rings. The summed E-state index contributed by atoms with van der Waals surface area (Å²) in [7, 11) is 0. The summed E-state index contributed by atoms with van der Waals surface area (Å²) in [5, 5.41) is 17.9. The van der Waals surface area contributed by atoms with E-state index in [2.05, 4.69) is 0 Å². The molecule has 0 amide bonds. The fraction of sp³-hybridized carbons (Fsp3) is 0.692. The van der Waals surface area contributed by atoms with Crippen LogP contribution in [0.5, 0.6) is 0 Å². The van der Waals surface area contributed by atoms with Gasteiger partial charge in [-0.05, 0) is 17.3 Å². The zero-order chi connectivity index (χ0) is 14.2. The number of carboxylic acids is 2. The first-order valence-corrected chi connectivity index (χ1v) is 6.30. The van der Waals surface area contributed by atoms with Crippen molar-refractivity contribution >= 4 is 23.5 Å². The molecule has 0 saturated heterocycles. The van der Waals surface area contributed by atoms with E-state index >= 15 is 0 Å². The lowest BCUT2D eigenvalue weighted by atomic mass is 9.67. The minimum atomic E-state index is -1.09. The minimum Gasteiger partial charge on any atom is -0.481 e. The zero-order valence-electron chi connectivity index (χ0n) is 10.4. The molecular formula is C13H16O6. The molecule has 2 saturated carbocycles. The predicted octanol–water partition coefficient (Wildman–Crippen LogP) is 0.880. The smallest absolute Gasteiger partial charge is 0.303 e. The van der Waals surface area contributed by atoms with Gasteiger partial charge in [-0.15, -0.1) is 0 Å². The van der Waals surface area contributed by atoms with Crippen LogP contribution in [-0.2, 0) is 19.2 Å². The Balaban J connectivity index is 2.31. The molecule has 0 radical (unpaired) electrons. The first-order valence-electron chi connectivity index (χ1n) is 6.30. The molecule has 0 spiro atoms. The van der Waals surface area contributed by atoms with E-state index in [1.54, 1.807) is 0 Å². The molecule has 2 aliphatic rings. The van der Waals surface area contributed by atoms with Crippen LogP contribution in [0.1, 0.15) is 38.5 Å². The van der Waals surface area contributed by atoms with Crippen LogP contribution in [0.25, 0.3) is 0 Å². The maximum absolute atomic E-state index is 11.6. The van der Waals surface area contributed by atoms with Crippen molar-refractivity contribution in [3.63, 3.8) is 0 Å². The third kappa shape index (κ3) is 2.52. The van der Waals surface area contributed by atoms with Gasteiger partial charge < -0.3 is 10.2 Å². The molecule has 2 aliphatic carbocycles. The zero-order valence-corrected chi connectivity index (χ0v) is 10.4. The number of hydrogen-bond donors (Lipinski definition) is 2. The van der Waals surface area contributed by atoms with Gasteiger partial charge in [0.25, 0.3) is 0 Å². The second-order valence-electron chi connectivity index (χ2n) is 5.66. The molecule has 0 aromatic carbocycles. The van der Waals surface area contributed by atoms with Crippen LogP contribution >= 0.6 is 0 Å². The van der Waals surface area contributed by atoms with Crippen molar-refractivity contribution in [2.24, 2.45) is 17.3 Å². The Labute approximate surface area is 109 Å². The Kier molecular flexibility index (Phi) is 3.43. The van der Waals surface area contributed by atoms with Gasteiger partial charge in [0.05, 0.1) is 0 Å². The van der Waals surface area contributed by atoms with E-state index in [-0.39, 0.29) is 56.0 Å². The van der Waals surface area contributed by atoms with Gasteiger partial charge >= 0.3 is 11.9 Å². The molecule has 2 N–H and O–H groups in total. The molecule has 0 unspecified atom stereocenters. The maximum Gasteiger partial charge on any atom is 0.303 e. The standard InChI is InChI=1S/C13H16O6/c14-9-1-7-2-10(15)6-13(7,5-9)8(3-11(16)17)4-12(18)19/h7-8H,1-6H2,(H,16,17)(H,18,19). The quantitative estimate of drug-likeness (QED) is 0.766. The molecule has 0 aliphatic heterocycles. The average molecular weight is 268 g/mol. The van der Waals surface area contributed by atoms with Crippen LogP contribution in [0, 0.1) is 17.3 Å². The molecule has 6 nitrogen and oxygen atoms in total. The lowest BCUT2D eigenvalue weighted by molar-refractivity contribution is -0.144. The highest BCUT2D eigenvalue weighted by Gasteiger charge is 2.57. The van der Waals surface area contributed by atoms with Crippen molar-refractivity contribution in [2.45, 2.75) is 38.5 Å². The van der Waals surface area contributed by atoms with Crippen molar-refractivity contribution < 1.29 is 29.4 Å².